The first-order valence-corrected chi connectivity index (χ1v) is 7.64. The Balaban J connectivity index is 2.57. The van der Waals surface area contributed by atoms with Gasteiger partial charge in [0.25, 0.3) is 0 Å². The van der Waals surface area contributed by atoms with Gasteiger partial charge in [-0.3, -0.25) is 9.79 Å². The molecule has 0 radical (unpaired) electrons. The molecule has 0 bridgehead atoms. The average molecular weight is 321 g/mol. The van der Waals surface area contributed by atoms with Gasteiger partial charge in [-0.2, -0.15) is 0 Å². The largest absolute Gasteiger partial charge is 0.488 e. The monoisotopic (exact) mass is 321 g/mol. The second-order valence-corrected chi connectivity index (χ2v) is 6.00. The van der Waals surface area contributed by atoms with Crippen molar-refractivity contribution in [3.63, 3.8) is 0 Å². The van der Waals surface area contributed by atoms with Crippen LogP contribution >= 0.6 is 0 Å². The number of benzene rings is 1. The molecule has 1 rings (SSSR count). The number of para-hydroxylation sites is 1. The highest BCUT2D eigenvalue weighted by Crippen LogP contribution is 2.22. The van der Waals surface area contributed by atoms with E-state index in [1.807, 2.05) is 45.0 Å². The molecule has 0 aromatic heterocycles. The maximum absolute atomic E-state index is 11.1. The van der Waals surface area contributed by atoms with E-state index >= 15 is 0 Å². The summed E-state index contributed by atoms with van der Waals surface area (Å²) < 4.78 is 10.6. The van der Waals surface area contributed by atoms with Gasteiger partial charge in [-0.15, -0.1) is 0 Å². The minimum absolute atomic E-state index is 0.253. The number of methoxy groups -OCH3 is 1. The Bertz CT molecular complexity index is 536. The molecule has 0 atom stereocenters. The number of esters is 1. The number of nitrogens with one attached hydrogen (secondary N) is 2. The molecule has 0 aliphatic carbocycles. The van der Waals surface area contributed by atoms with Crippen LogP contribution < -0.4 is 15.4 Å². The number of ether oxygens (including phenoxy) is 2. The molecule has 0 heterocycles. The average Bonchev–Trinajstić information content (AvgIpc) is 2.50. The Morgan fingerprint density at radius 3 is 2.52 bits per heavy atom. The quantitative estimate of drug-likeness (QED) is 0.477. The van der Waals surface area contributed by atoms with Crippen molar-refractivity contribution in [3.05, 3.63) is 29.8 Å². The van der Waals surface area contributed by atoms with Gasteiger partial charge in [-0.05, 0) is 26.8 Å². The topological polar surface area (TPSA) is 72.0 Å². The maximum atomic E-state index is 11.1. The van der Waals surface area contributed by atoms with Gasteiger partial charge in [-0.25, -0.2) is 0 Å². The van der Waals surface area contributed by atoms with Crippen molar-refractivity contribution < 1.29 is 14.3 Å². The summed E-state index contributed by atoms with van der Waals surface area (Å²) in [5.74, 6) is 1.22. The second-order valence-electron chi connectivity index (χ2n) is 6.00. The van der Waals surface area contributed by atoms with Gasteiger partial charge in [0.15, 0.2) is 5.96 Å². The van der Waals surface area contributed by atoms with E-state index < -0.39 is 0 Å². The lowest BCUT2D eigenvalue weighted by atomic mass is 10.1. The van der Waals surface area contributed by atoms with Crippen LogP contribution in [0.1, 0.15) is 32.8 Å². The van der Waals surface area contributed by atoms with Crippen LogP contribution in [0.4, 0.5) is 0 Å². The molecule has 0 unspecified atom stereocenters. The summed E-state index contributed by atoms with van der Waals surface area (Å²) in [6.07, 6.45) is 0.293. The molecule has 0 aliphatic heterocycles. The molecule has 2 N–H and O–H groups in total. The Morgan fingerprint density at radius 1 is 1.22 bits per heavy atom. The second kappa shape index (κ2) is 9.02. The molecule has 1 aromatic rings. The van der Waals surface area contributed by atoms with Crippen molar-refractivity contribution in [1.29, 1.82) is 0 Å². The van der Waals surface area contributed by atoms with Gasteiger partial charge in [0.1, 0.15) is 11.4 Å². The van der Waals surface area contributed by atoms with Gasteiger partial charge < -0.3 is 20.1 Å². The summed E-state index contributed by atoms with van der Waals surface area (Å²) >= 11 is 0. The molecular weight excluding hydrogens is 294 g/mol. The van der Waals surface area contributed by atoms with E-state index in [-0.39, 0.29) is 11.6 Å². The lowest BCUT2D eigenvalue weighted by Crippen LogP contribution is -2.38. The number of guanidine groups is 1. The lowest BCUT2D eigenvalue weighted by Gasteiger charge is -2.23. The van der Waals surface area contributed by atoms with E-state index in [2.05, 4.69) is 20.4 Å². The summed E-state index contributed by atoms with van der Waals surface area (Å²) in [5.41, 5.74) is 0.787. The van der Waals surface area contributed by atoms with Crippen LogP contribution in [-0.2, 0) is 16.1 Å². The first kappa shape index (κ1) is 18.8. The molecular formula is C17H27N3O3. The van der Waals surface area contributed by atoms with Crippen LogP contribution in [0.3, 0.4) is 0 Å². The lowest BCUT2D eigenvalue weighted by molar-refractivity contribution is -0.140. The minimum Gasteiger partial charge on any atom is -0.488 e. The molecule has 0 saturated carbocycles. The highest BCUT2D eigenvalue weighted by molar-refractivity contribution is 5.80. The fourth-order valence-corrected chi connectivity index (χ4v) is 1.86. The van der Waals surface area contributed by atoms with E-state index in [1.54, 1.807) is 7.05 Å². The number of nitrogens with zero attached hydrogens (tertiary/aromatic N) is 1. The van der Waals surface area contributed by atoms with Crippen molar-refractivity contribution in [2.45, 2.75) is 39.3 Å². The van der Waals surface area contributed by atoms with Crippen LogP contribution in [0.5, 0.6) is 5.75 Å². The zero-order valence-corrected chi connectivity index (χ0v) is 14.6. The number of rotatable bonds is 6. The van der Waals surface area contributed by atoms with Crippen LogP contribution in [0.2, 0.25) is 0 Å². The molecule has 0 aliphatic rings. The van der Waals surface area contributed by atoms with Gasteiger partial charge in [0, 0.05) is 25.7 Å². The zero-order valence-electron chi connectivity index (χ0n) is 14.6. The first-order valence-electron chi connectivity index (χ1n) is 7.64. The smallest absolute Gasteiger partial charge is 0.307 e. The predicted octanol–water partition coefficient (Wildman–Crippen LogP) is 2.09. The van der Waals surface area contributed by atoms with E-state index in [0.29, 0.717) is 25.5 Å². The minimum atomic E-state index is -0.253. The predicted molar refractivity (Wildman–Crippen MR) is 91.7 cm³/mol. The summed E-state index contributed by atoms with van der Waals surface area (Å²) in [6, 6.07) is 7.89. The fourth-order valence-electron chi connectivity index (χ4n) is 1.86. The van der Waals surface area contributed by atoms with Gasteiger partial charge in [0.05, 0.1) is 13.5 Å². The third kappa shape index (κ3) is 7.54. The van der Waals surface area contributed by atoms with E-state index in [9.17, 15) is 4.79 Å². The molecule has 23 heavy (non-hydrogen) atoms. The highest BCUT2D eigenvalue weighted by Gasteiger charge is 2.14. The summed E-state index contributed by atoms with van der Waals surface area (Å²) in [6.45, 7) is 7.09. The van der Waals surface area contributed by atoms with E-state index in [1.165, 1.54) is 7.11 Å². The Labute approximate surface area is 138 Å². The Hall–Kier alpha value is -2.24. The number of hydrogen-bond donors (Lipinski definition) is 2. The Morgan fingerprint density at radius 2 is 1.91 bits per heavy atom. The SMILES string of the molecule is CN=C(NCCC(=O)OC)NCc1ccccc1OC(C)(C)C. The molecule has 128 valence electrons. The maximum Gasteiger partial charge on any atom is 0.307 e. The molecule has 6 nitrogen and oxygen atoms in total. The van der Waals surface area contributed by atoms with Gasteiger partial charge >= 0.3 is 5.97 Å². The van der Waals surface area contributed by atoms with Crippen LogP contribution in [0.15, 0.2) is 29.3 Å². The normalized spacial score (nSPS) is 11.8. The number of carbonyl (C=O) groups is 1. The van der Waals surface area contributed by atoms with Crippen LogP contribution in [0.25, 0.3) is 0 Å². The van der Waals surface area contributed by atoms with Crippen LogP contribution in [0, 0.1) is 0 Å². The Kier molecular flexibility index (Phi) is 7.38. The fraction of sp³-hybridized carbons (Fsp3) is 0.529. The van der Waals surface area contributed by atoms with Crippen molar-refractivity contribution in [2.75, 3.05) is 20.7 Å². The third-order valence-corrected chi connectivity index (χ3v) is 2.91. The summed E-state index contributed by atoms with van der Waals surface area (Å²) in [4.78, 5) is 15.2. The number of aliphatic imine (C=N–C) groups is 1. The van der Waals surface area contributed by atoms with Crippen LogP contribution in [-0.4, -0.2) is 38.2 Å². The molecule has 0 amide bonds. The van der Waals surface area contributed by atoms with Crippen molar-refractivity contribution in [2.24, 2.45) is 4.99 Å². The molecule has 0 fully saturated rings. The first-order chi connectivity index (χ1) is 10.9. The van der Waals surface area contributed by atoms with E-state index in [4.69, 9.17) is 4.74 Å². The molecule has 1 aromatic carbocycles. The molecule has 0 saturated heterocycles. The highest BCUT2D eigenvalue weighted by atomic mass is 16.5. The number of hydrogen-bond acceptors (Lipinski definition) is 4. The number of carbonyl (C=O) groups excluding carboxylic acids is 1. The third-order valence-electron chi connectivity index (χ3n) is 2.91. The van der Waals surface area contributed by atoms with Crippen molar-refractivity contribution in [1.82, 2.24) is 10.6 Å². The van der Waals surface area contributed by atoms with Gasteiger partial charge in [-0.1, -0.05) is 18.2 Å². The van der Waals surface area contributed by atoms with Gasteiger partial charge in [0.2, 0.25) is 0 Å². The van der Waals surface area contributed by atoms with E-state index in [0.717, 1.165) is 11.3 Å². The summed E-state index contributed by atoms with van der Waals surface area (Å²) in [5, 5.41) is 6.28. The van der Waals surface area contributed by atoms with Crippen molar-refractivity contribution >= 4 is 11.9 Å². The zero-order chi connectivity index (χ0) is 17.3. The molecule has 0 spiro atoms. The summed E-state index contributed by atoms with van der Waals surface area (Å²) in [7, 11) is 3.06. The molecule has 6 heteroatoms. The standard InChI is InChI=1S/C17H27N3O3/c1-17(2,3)23-14-9-7-6-8-13(14)12-20-16(18-4)19-11-10-15(21)22-5/h6-9H,10-12H2,1-5H3,(H2,18,19,20). The van der Waals surface area contributed by atoms with Crippen molar-refractivity contribution in [3.8, 4) is 5.75 Å².